The molecule has 1 amide bonds. The quantitative estimate of drug-likeness (QED) is 0.264. The fourth-order valence-corrected chi connectivity index (χ4v) is 3.03. The third-order valence-electron chi connectivity index (χ3n) is 4.57. The van der Waals surface area contributed by atoms with Gasteiger partial charge >= 0.3 is 5.97 Å². The largest absolute Gasteiger partial charge is 0.430 e. The van der Waals surface area contributed by atoms with Crippen molar-refractivity contribution in [3.8, 4) is 0 Å². The molecule has 0 radical (unpaired) electrons. The zero-order valence-corrected chi connectivity index (χ0v) is 15.3. The second-order valence-electron chi connectivity index (χ2n) is 6.44. The van der Waals surface area contributed by atoms with E-state index in [0.717, 1.165) is 25.9 Å². The summed E-state index contributed by atoms with van der Waals surface area (Å²) in [7, 11) is 4.14. The van der Waals surface area contributed by atoms with Crippen molar-refractivity contribution in [2.75, 3.05) is 34.0 Å². The summed E-state index contributed by atoms with van der Waals surface area (Å²) < 4.78 is 10.7. The Kier molecular flexibility index (Phi) is 7.58. The first-order chi connectivity index (χ1) is 12.5. The highest BCUT2D eigenvalue weighted by Crippen LogP contribution is 2.15. The van der Waals surface area contributed by atoms with Crippen LogP contribution in [-0.2, 0) is 36.8 Å². The van der Waals surface area contributed by atoms with E-state index >= 15 is 0 Å². The molecule has 0 N–H and O–H groups in total. The number of aromatic nitrogens is 2. The molecule has 0 atom stereocenters. The van der Waals surface area contributed by atoms with Gasteiger partial charge in [0.2, 0.25) is 12.7 Å². The van der Waals surface area contributed by atoms with Gasteiger partial charge in [0, 0.05) is 44.4 Å². The molecule has 1 aromatic rings. The van der Waals surface area contributed by atoms with E-state index in [0.29, 0.717) is 24.7 Å². The van der Waals surface area contributed by atoms with E-state index < -0.39 is 12.8 Å². The second kappa shape index (κ2) is 9.91. The van der Waals surface area contributed by atoms with E-state index in [1.165, 1.54) is 0 Å². The molecule has 0 aromatic carbocycles. The number of amides is 1. The number of esters is 1. The molecule has 1 saturated heterocycles. The SMILES string of the molecule is CN(C)C1CCN(C(=O)CCc2nccn2CC(=O)OCOC=O)CC1. The minimum Gasteiger partial charge on any atom is -0.430 e. The smallest absolute Gasteiger partial charge is 0.328 e. The highest BCUT2D eigenvalue weighted by atomic mass is 16.7. The van der Waals surface area contributed by atoms with Crippen LogP contribution in [0.1, 0.15) is 25.1 Å². The van der Waals surface area contributed by atoms with Gasteiger partial charge in [-0.25, -0.2) is 4.98 Å². The van der Waals surface area contributed by atoms with Gasteiger partial charge in [0.05, 0.1) is 0 Å². The lowest BCUT2D eigenvalue weighted by Gasteiger charge is -2.35. The van der Waals surface area contributed by atoms with Gasteiger partial charge in [-0.1, -0.05) is 0 Å². The third kappa shape index (κ3) is 5.83. The zero-order chi connectivity index (χ0) is 18.9. The summed E-state index contributed by atoms with van der Waals surface area (Å²) in [4.78, 5) is 42.4. The topological polar surface area (TPSA) is 94.0 Å². The van der Waals surface area contributed by atoms with Gasteiger partial charge in [-0.05, 0) is 26.9 Å². The summed E-state index contributed by atoms with van der Waals surface area (Å²) in [6.45, 7) is 1.31. The lowest BCUT2D eigenvalue weighted by molar-refractivity contribution is -0.160. The van der Waals surface area contributed by atoms with Crippen molar-refractivity contribution in [1.82, 2.24) is 19.4 Å². The van der Waals surface area contributed by atoms with Gasteiger partial charge in [-0.2, -0.15) is 0 Å². The number of imidazole rings is 1. The van der Waals surface area contributed by atoms with Gasteiger partial charge in [0.15, 0.2) is 0 Å². The van der Waals surface area contributed by atoms with Crippen molar-refractivity contribution < 1.29 is 23.9 Å². The lowest BCUT2D eigenvalue weighted by atomic mass is 10.0. The number of carbonyl (C=O) groups is 3. The molecule has 144 valence electrons. The molecule has 0 unspecified atom stereocenters. The van der Waals surface area contributed by atoms with Crippen molar-refractivity contribution in [1.29, 1.82) is 0 Å². The molecule has 9 nitrogen and oxygen atoms in total. The van der Waals surface area contributed by atoms with E-state index in [4.69, 9.17) is 4.74 Å². The maximum absolute atomic E-state index is 12.4. The van der Waals surface area contributed by atoms with Crippen LogP contribution in [0.2, 0.25) is 0 Å². The Morgan fingerprint density at radius 2 is 2.08 bits per heavy atom. The second-order valence-corrected chi connectivity index (χ2v) is 6.44. The van der Waals surface area contributed by atoms with Crippen LogP contribution < -0.4 is 0 Å². The maximum Gasteiger partial charge on any atom is 0.328 e. The number of ether oxygens (including phenoxy) is 2. The van der Waals surface area contributed by atoms with Crippen molar-refractivity contribution in [3.63, 3.8) is 0 Å². The van der Waals surface area contributed by atoms with Gasteiger partial charge < -0.3 is 23.8 Å². The first-order valence-corrected chi connectivity index (χ1v) is 8.66. The van der Waals surface area contributed by atoms with Crippen LogP contribution >= 0.6 is 0 Å². The van der Waals surface area contributed by atoms with Crippen LogP contribution in [0.25, 0.3) is 0 Å². The minimum atomic E-state index is -0.539. The van der Waals surface area contributed by atoms with Crippen LogP contribution in [0.4, 0.5) is 0 Å². The molecule has 1 aromatic heterocycles. The molecule has 1 fully saturated rings. The first kappa shape index (κ1) is 19.9. The average Bonchev–Trinajstić information content (AvgIpc) is 3.07. The summed E-state index contributed by atoms with van der Waals surface area (Å²) >= 11 is 0. The van der Waals surface area contributed by atoms with Gasteiger partial charge in [-0.3, -0.25) is 14.4 Å². The average molecular weight is 366 g/mol. The minimum absolute atomic E-state index is 0.0417. The molecule has 0 bridgehead atoms. The number of aryl methyl sites for hydroxylation is 1. The van der Waals surface area contributed by atoms with Gasteiger partial charge in [-0.15, -0.1) is 0 Å². The Hall–Kier alpha value is -2.42. The van der Waals surface area contributed by atoms with E-state index in [1.807, 2.05) is 4.90 Å². The lowest BCUT2D eigenvalue weighted by Crippen LogP contribution is -2.44. The summed E-state index contributed by atoms with van der Waals surface area (Å²) in [5.74, 6) is 0.219. The molecule has 0 aliphatic carbocycles. The molecule has 1 aliphatic heterocycles. The summed E-state index contributed by atoms with van der Waals surface area (Å²) in [5, 5.41) is 0. The van der Waals surface area contributed by atoms with Crippen molar-refractivity contribution in [3.05, 3.63) is 18.2 Å². The number of likely N-dealkylation sites (tertiary alicyclic amines) is 1. The van der Waals surface area contributed by atoms with Crippen LogP contribution in [0, 0.1) is 0 Å². The molecular weight excluding hydrogens is 340 g/mol. The van der Waals surface area contributed by atoms with Crippen LogP contribution in [0.5, 0.6) is 0 Å². The van der Waals surface area contributed by atoms with Crippen LogP contribution in [-0.4, -0.2) is 77.7 Å². The Bertz CT molecular complexity index is 608. The van der Waals surface area contributed by atoms with E-state index in [2.05, 4.69) is 28.7 Å². The summed E-state index contributed by atoms with van der Waals surface area (Å²) in [6, 6.07) is 0.534. The van der Waals surface area contributed by atoms with Crippen molar-refractivity contribution in [2.24, 2.45) is 0 Å². The number of hydrogen-bond acceptors (Lipinski definition) is 7. The number of nitrogens with zero attached hydrogens (tertiary/aromatic N) is 4. The molecule has 2 rings (SSSR count). The molecule has 2 heterocycles. The standard InChI is InChI=1S/C17H26N4O5/c1-19(2)14-5-8-20(9-6-14)16(23)4-3-15-18-7-10-21(15)11-17(24)26-13-25-12-22/h7,10,12,14H,3-6,8-9,11,13H2,1-2H3. The number of rotatable bonds is 9. The zero-order valence-electron chi connectivity index (χ0n) is 15.3. The molecule has 26 heavy (non-hydrogen) atoms. The number of piperidine rings is 1. The normalized spacial score (nSPS) is 15.1. The molecule has 1 aliphatic rings. The van der Waals surface area contributed by atoms with Gasteiger partial charge in [0.1, 0.15) is 12.4 Å². The van der Waals surface area contributed by atoms with Crippen LogP contribution in [0.15, 0.2) is 12.4 Å². The summed E-state index contributed by atoms with van der Waals surface area (Å²) in [5.41, 5.74) is 0. The number of hydrogen-bond donors (Lipinski definition) is 0. The Morgan fingerprint density at radius 3 is 2.73 bits per heavy atom. The first-order valence-electron chi connectivity index (χ1n) is 8.66. The molecule has 0 saturated carbocycles. The van der Waals surface area contributed by atoms with Gasteiger partial charge in [0.25, 0.3) is 6.47 Å². The fraction of sp³-hybridized carbons (Fsp3) is 0.647. The van der Waals surface area contributed by atoms with E-state index in [1.54, 1.807) is 17.0 Å². The highest BCUT2D eigenvalue weighted by molar-refractivity contribution is 5.76. The Morgan fingerprint density at radius 1 is 1.35 bits per heavy atom. The fourth-order valence-electron chi connectivity index (χ4n) is 3.03. The Balaban J connectivity index is 1.77. The van der Waals surface area contributed by atoms with E-state index in [-0.39, 0.29) is 18.9 Å². The predicted molar refractivity (Wildman–Crippen MR) is 91.9 cm³/mol. The highest BCUT2D eigenvalue weighted by Gasteiger charge is 2.23. The third-order valence-corrected chi connectivity index (χ3v) is 4.57. The van der Waals surface area contributed by atoms with Crippen molar-refractivity contribution >= 4 is 18.3 Å². The van der Waals surface area contributed by atoms with E-state index in [9.17, 15) is 14.4 Å². The van der Waals surface area contributed by atoms with Crippen molar-refractivity contribution in [2.45, 2.75) is 38.3 Å². The predicted octanol–water partition coefficient (Wildman–Crippen LogP) is 0.0420. The monoisotopic (exact) mass is 366 g/mol. The number of carbonyl (C=O) groups excluding carboxylic acids is 3. The Labute approximate surface area is 152 Å². The maximum atomic E-state index is 12.4. The van der Waals surface area contributed by atoms with Crippen LogP contribution in [0.3, 0.4) is 0 Å². The molecule has 0 spiro atoms. The summed E-state index contributed by atoms with van der Waals surface area (Å²) in [6.07, 6.45) is 6.02. The molecular formula is C17H26N4O5. The molecule has 9 heteroatoms.